The van der Waals surface area contributed by atoms with Gasteiger partial charge >= 0.3 is 12.1 Å². The molecule has 1 aliphatic rings. The van der Waals surface area contributed by atoms with E-state index in [0.29, 0.717) is 24.6 Å². The van der Waals surface area contributed by atoms with E-state index in [1.165, 1.54) is 12.7 Å². The van der Waals surface area contributed by atoms with Crippen LogP contribution in [0.25, 0.3) is 0 Å². The fourth-order valence-electron chi connectivity index (χ4n) is 5.02. The van der Waals surface area contributed by atoms with Gasteiger partial charge in [0.2, 0.25) is 0 Å². The number of carbonyl (C=O) groups is 2. The van der Waals surface area contributed by atoms with Gasteiger partial charge in [0, 0.05) is 12.6 Å². The standard InChI is InChI=1S/C29H30BF3N3O3/c1-39-28(38)16-23-6-3-2-5-21(23)12-13-26-25(29(31,32)33)17-34-27(35-26)15-20-8-10-22(11-9-20)24-7-4-14-36(18-24)30-19-37/h2-3,5-6,8-11,17,19,24H,4,7,12-16,18H2,1H3. The van der Waals surface area contributed by atoms with Crippen LogP contribution < -0.4 is 0 Å². The first kappa shape index (κ1) is 28.5. The predicted molar refractivity (Wildman–Crippen MR) is 142 cm³/mol. The smallest absolute Gasteiger partial charge is 0.419 e. The number of esters is 1. The van der Waals surface area contributed by atoms with Crippen molar-refractivity contribution in [2.45, 2.75) is 50.6 Å². The summed E-state index contributed by atoms with van der Waals surface area (Å²) in [6.07, 6.45) is -0.145. The van der Waals surface area contributed by atoms with Gasteiger partial charge in [-0.1, -0.05) is 48.5 Å². The van der Waals surface area contributed by atoms with Crippen molar-refractivity contribution in [3.8, 4) is 0 Å². The molecule has 6 nitrogen and oxygen atoms in total. The molecular formula is C29H30BF3N3O3. The number of nitrogens with zero attached hydrogens (tertiary/aromatic N) is 3. The van der Waals surface area contributed by atoms with E-state index in [1.54, 1.807) is 31.7 Å². The summed E-state index contributed by atoms with van der Waals surface area (Å²) in [6, 6.07) is 15.1. The molecule has 1 aromatic heterocycles. The zero-order valence-corrected chi connectivity index (χ0v) is 21.8. The number of carbonyl (C=O) groups excluding carboxylic acids is 2. The Bertz CT molecular complexity index is 1280. The van der Waals surface area contributed by atoms with Crippen LogP contribution in [0.1, 0.15) is 58.1 Å². The lowest BCUT2D eigenvalue weighted by atomic mass is 9.84. The highest BCUT2D eigenvalue weighted by Crippen LogP contribution is 2.32. The molecule has 1 fully saturated rings. The Morgan fingerprint density at radius 1 is 1.13 bits per heavy atom. The van der Waals surface area contributed by atoms with Crippen molar-refractivity contribution in [2.75, 3.05) is 20.2 Å². The number of piperidine rings is 1. The van der Waals surface area contributed by atoms with Crippen LogP contribution in [-0.4, -0.2) is 54.5 Å². The number of hydrogen-bond acceptors (Lipinski definition) is 6. The van der Waals surface area contributed by atoms with E-state index in [4.69, 9.17) is 4.74 Å². The molecule has 0 N–H and O–H groups in total. The lowest BCUT2D eigenvalue weighted by molar-refractivity contribution is -0.140. The first-order chi connectivity index (χ1) is 18.8. The number of aryl methyl sites for hydroxylation is 2. The number of hydrogen-bond donors (Lipinski definition) is 0. The van der Waals surface area contributed by atoms with Crippen LogP contribution in [0, 0.1) is 0 Å². The number of rotatable bonds is 10. The predicted octanol–water partition coefficient (Wildman–Crippen LogP) is 4.58. The molecular weight excluding hydrogens is 506 g/mol. The Balaban J connectivity index is 1.49. The summed E-state index contributed by atoms with van der Waals surface area (Å²) in [5, 5.41) is 0. The second kappa shape index (κ2) is 13.0. The average Bonchev–Trinajstić information content (AvgIpc) is 2.93. The maximum absolute atomic E-state index is 13.8. The van der Waals surface area contributed by atoms with Gasteiger partial charge in [-0.15, -0.1) is 0 Å². The van der Waals surface area contributed by atoms with Gasteiger partial charge in [-0.25, -0.2) is 9.97 Å². The van der Waals surface area contributed by atoms with Crippen LogP contribution in [-0.2, 0) is 46.2 Å². The average molecular weight is 536 g/mol. The Morgan fingerprint density at radius 2 is 1.87 bits per heavy atom. The number of ether oxygens (including phenoxy) is 1. The number of alkyl halides is 3. The first-order valence-electron chi connectivity index (χ1n) is 12.9. The van der Waals surface area contributed by atoms with Crippen LogP contribution >= 0.6 is 0 Å². The van der Waals surface area contributed by atoms with Gasteiger partial charge in [0.1, 0.15) is 5.82 Å². The summed E-state index contributed by atoms with van der Waals surface area (Å²) in [7, 11) is 2.88. The zero-order valence-electron chi connectivity index (χ0n) is 21.8. The molecule has 1 unspecified atom stereocenters. The molecule has 2 aromatic carbocycles. The minimum absolute atomic E-state index is 0.0530. The minimum atomic E-state index is -4.57. The van der Waals surface area contributed by atoms with Gasteiger partial charge < -0.3 is 14.3 Å². The second-order valence-electron chi connectivity index (χ2n) is 9.70. The SMILES string of the molecule is COC(=O)Cc1ccccc1CCc1nc(Cc2ccc(C3CCCN([B]C=O)C3)cc2)ncc1C(F)(F)F. The van der Waals surface area contributed by atoms with E-state index in [9.17, 15) is 22.8 Å². The molecule has 203 valence electrons. The van der Waals surface area contributed by atoms with E-state index in [-0.39, 0.29) is 18.5 Å². The third-order valence-electron chi connectivity index (χ3n) is 7.07. The molecule has 2 heterocycles. The van der Waals surface area contributed by atoms with E-state index >= 15 is 0 Å². The molecule has 1 atom stereocenters. The molecule has 0 saturated carbocycles. The number of methoxy groups -OCH3 is 1. The maximum Gasteiger partial charge on any atom is 0.419 e. The molecule has 10 heteroatoms. The largest absolute Gasteiger partial charge is 0.469 e. The number of aromatic nitrogens is 2. The van der Waals surface area contributed by atoms with Crippen molar-refractivity contribution in [3.05, 3.63) is 94.1 Å². The first-order valence-corrected chi connectivity index (χ1v) is 12.9. The van der Waals surface area contributed by atoms with Gasteiger partial charge in [0.15, 0.2) is 0 Å². The summed E-state index contributed by atoms with van der Waals surface area (Å²) in [6.45, 7) is 1.66. The lowest BCUT2D eigenvalue weighted by Gasteiger charge is -2.31. The summed E-state index contributed by atoms with van der Waals surface area (Å²) in [5.41, 5.74) is 2.66. The van der Waals surface area contributed by atoms with Crippen LogP contribution in [0.3, 0.4) is 0 Å². The van der Waals surface area contributed by atoms with Gasteiger partial charge in [0.05, 0.1) is 31.0 Å². The third-order valence-corrected chi connectivity index (χ3v) is 7.07. The molecule has 39 heavy (non-hydrogen) atoms. The Hall–Kier alpha value is -3.53. The third kappa shape index (κ3) is 7.75. The van der Waals surface area contributed by atoms with Crippen LogP contribution in [0.4, 0.5) is 13.2 Å². The van der Waals surface area contributed by atoms with E-state index < -0.39 is 17.7 Å². The fraction of sp³-hybridized carbons (Fsp3) is 0.379. The van der Waals surface area contributed by atoms with Crippen LogP contribution in [0.5, 0.6) is 0 Å². The van der Waals surface area contributed by atoms with Gasteiger partial charge in [0.25, 0.3) is 7.41 Å². The van der Waals surface area contributed by atoms with Crippen molar-refractivity contribution in [1.29, 1.82) is 0 Å². The summed E-state index contributed by atoms with van der Waals surface area (Å²) < 4.78 is 46.0. The lowest BCUT2D eigenvalue weighted by Crippen LogP contribution is -2.37. The molecule has 0 aliphatic carbocycles. The van der Waals surface area contributed by atoms with Crippen molar-refractivity contribution < 1.29 is 27.5 Å². The van der Waals surface area contributed by atoms with Gasteiger partial charge in [-0.05, 0) is 66.9 Å². The highest BCUT2D eigenvalue weighted by molar-refractivity contribution is 6.64. The van der Waals surface area contributed by atoms with E-state index in [0.717, 1.165) is 55.0 Å². The van der Waals surface area contributed by atoms with Gasteiger partial charge in [-0.2, -0.15) is 13.2 Å². The van der Waals surface area contributed by atoms with Crippen molar-refractivity contribution in [3.63, 3.8) is 0 Å². The summed E-state index contributed by atoms with van der Waals surface area (Å²) in [5.74, 6) is 0.229. The molecule has 4 rings (SSSR count). The summed E-state index contributed by atoms with van der Waals surface area (Å²) >= 11 is 0. The van der Waals surface area contributed by atoms with Gasteiger partial charge in [-0.3, -0.25) is 4.79 Å². The Kier molecular flexibility index (Phi) is 9.51. The van der Waals surface area contributed by atoms with E-state index in [2.05, 4.69) is 9.97 Å². The molecule has 0 spiro atoms. The maximum atomic E-state index is 13.8. The second-order valence-corrected chi connectivity index (χ2v) is 9.70. The normalized spacial score (nSPS) is 16.1. The topological polar surface area (TPSA) is 72.4 Å². The number of benzene rings is 2. The van der Waals surface area contributed by atoms with Crippen molar-refractivity contribution in [2.24, 2.45) is 0 Å². The molecule has 3 aromatic rings. The highest BCUT2D eigenvalue weighted by atomic mass is 19.4. The quantitative estimate of drug-likeness (QED) is 0.215. The molecule has 0 bridgehead atoms. The van der Waals surface area contributed by atoms with Crippen LogP contribution in [0.2, 0.25) is 0 Å². The van der Waals surface area contributed by atoms with E-state index in [1.807, 2.05) is 29.1 Å². The molecule has 1 saturated heterocycles. The fourth-order valence-corrected chi connectivity index (χ4v) is 5.02. The van der Waals surface area contributed by atoms with Crippen LogP contribution in [0.15, 0.2) is 54.7 Å². The minimum Gasteiger partial charge on any atom is -0.469 e. The zero-order chi connectivity index (χ0) is 27.8. The van der Waals surface area contributed by atoms with Crippen molar-refractivity contribution >= 4 is 19.6 Å². The Labute approximate surface area is 226 Å². The highest BCUT2D eigenvalue weighted by Gasteiger charge is 2.35. The summed E-state index contributed by atoms with van der Waals surface area (Å²) in [4.78, 5) is 33.0. The molecule has 1 aliphatic heterocycles. The monoisotopic (exact) mass is 536 g/mol. The molecule has 0 amide bonds. The number of halogens is 3. The van der Waals surface area contributed by atoms with Crippen molar-refractivity contribution in [1.82, 2.24) is 14.8 Å². The molecule has 1 radical (unpaired) electrons. The Morgan fingerprint density at radius 3 is 2.56 bits per heavy atom.